The molecule has 0 unspecified atom stereocenters. The van der Waals surface area contributed by atoms with Crippen LogP contribution in [-0.4, -0.2) is 77.2 Å². The highest BCUT2D eigenvalue weighted by Gasteiger charge is 2.75. The molecule has 0 aliphatic carbocycles. The van der Waals surface area contributed by atoms with Crippen LogP contribution in [0, 0.1) is 25.7 Å². The average Bonchev–Trinajstić information content (AvgIpc) is 3.69. The molecule has 0 saturated carbocycles. The minimum atomic E-state index is -1.26. The summed E-state index contributed by atoms with van der Waals surface area (Å²) in [4.78, 5) is 58.7. The van der Waals surface area contributed by atoms with Gasteiger partial charge in [-0.25, -0.2) is 0 Å². The minimum Gasteiger partial charge on any atom is -0.455 e. The number of likely N-dealkylation sites (tertiary alicyclic amines) is 1. The second-order valence-corrected chi connectivity index (χ2v) is 12.7. The summed E-state index contributed by atoms with van der Waals surface area (Å²) >= 11 is 0. The Hall–Kier alpha value is -4.28. The van der Waals surface area contributed by atoms with Gasteiger partial charge >= 0.3 is 5.97 Å². The van der Waals surface area contributed by atoms with Crippen LogP contribution >= 0.6 is 0 Å². The van der Waals surface area contributed by atoms with Gasteiger partial charge in [-0.2, -0.15) is 0 Å². The Bertz CT molecular complexity index is 1510. The van der Waals surface area contributed by atoms with Crippen molar-refractivity contribution in [2.24, 2.45) is 11.8 Å². The fourth-order valence-corrected chi connectivity index (χ4v) is 7.79. The molecule has 2 N–H and O–H groups in total. The Labute approximate surface area is 276 Å². The number of hydrogen-bond donors (Lipinski definition) is 2. The van der Waals surface area contributed by atoms with Gasteiger partial charge in [0.1, 0.15) is 17.7 Å². The highest BCUT2D eigenvalue weighted by molar-refractivity contribution is 6.05. The number of nitrogens with one attached hydrogen (secondary N) is 1. The third-order valence-electron chi connectivity index (χ3n) is 9.72. The fraction of sp³-hybridized carbons (Fsp3) is 0.459. The number of para-hydroxylation sites is 1. The van der Waals surface area contributed by atoms with Gasteiger partial charge in [0, 0.05) is 25.2 Å². The normalized spacial score (nSPS) is 25.5. The summed E-state index contributed by atoms with van der Waals surface area (Å²) in [6, 6.07) is 13.3. The van der Waals surface area contributed by atoms with E-state index < -0.39 is 53.6 Å². The average molecular weight is 644 g/mol. The van der Waals surface area contributed by atoms with Crippen LogP contribution in [-0.2, 0) is 28.7 Å². The SMILES string of the molecule is C=CCCC(=O)N[C@@H](C)[C@H](OC(=O)[C@@H]1[C@H]2C(=O)N(CCO)[C@H](C(=O)N(CC=C)c3c(C)cccc3C)[C@]23CC[C@H]1O3)c1ccccc1. The molecule has 10 heteroatoms. The summed E-state index contributed by atoms with van der Waals surface area (Å²) < 4.78 is 12.8. The third kappa shape index (κ3) is 6.24. The molecule has 7 atom stereocenters. The number of hydrogen-bond acceptors (Lipinski definition) is 7. The largest absolute Gasteiger partial charge is 0.455 e. The summed E-state index contributed by atoms with van der Waals surface area (Å²) in [6.45, 7) is 12.9. The number of nitrogens with zero attached hydrogens (tertiary/aromatic N) is 2. The summed E-state index contributed by atoms with van der Waals surface area (Å²) in [7, 11) is 0. The van der Waals surface area contributed by atoms with Gasteiger partial charge < -0.3 is 29.7 Å². The predicted molar refractivity (Wildman–Crippen MR) is 177 cm³/mol. The van der Waals surface area contributed by atoms with Gasteiger partial charge in [-0.05, 0) is 56.7 Å². The van der Waals surface area contributed by atoms with E-state index in [1.165, 1.54) is 4.90 Å². The number of aliphatic hydroxyl groups is 1. The van der Waals surface area contributed by atoms with Crippen molar-refractivity contribution in [1.82, 2.24) is 10.2 Å². The van der Waals surface area contributed by atoms with Crippen molar-refractivity contribution in [3.63, 3.8) is 0 Å². The number of carbonyl (C=O) groups is 4. The summed E-state index contributed by atoms with van der Waals surface area (Å²) in [5.41, 5.74) is 1.94. The lowest BCUT2D eigenvalue weighted by molar-refractivity contribution is -0.162. The van der Waals surface area contributed by atoms with Crippen molar-refractivity contribution in [1.29, 1.82) is 0 Å². The number of rotatable bonds is 14. The molecule has 0 radical (unpaired) electrons. The molecule has 3 aliphatic rings. The Balaban J connectivity index is 1.47. The molecule has 3 fully saturated rings. The lowest BCUT2D eigenvalue weighted by Crippen LogP contribution is -2.57. The molecule has 250 valence electrons. The molecule has 10 nitrogen and oxygen atoms in total. The van der Waals surface area contributed by atoms with E-state index in [0.29, 0.717) is 24.8 Å². The molecule has 2 bridgehead atoms. The van der Waals surface area contributed by atoms with Gasteiger partial charge in [0.2, 0.25) is 11.8 Å². The number of esters is 1. The van der Waals surface area contributed by atoms with Gasteiger partial charge in [0.25, 0.3) is 5.91 Å². The maximum absolute atomic E-state index is 14.7. The summed E-state index contributed by atoms with van der Waals surface area (Å²) in [5, 5.41) is 13.0. The molecular weight excluding hydrogens is 598 g/mol. The number of allylic oxidation sites excluding steroid dienone is 1. The number of ether oxygens (including phenoxy) is 2. The molecule has 47 heavy (non-hydrogen) atoms. The summed E-state index contributed by atoms with van der Waals surface area (Å²) in [6.07, 6.45) is 3.49. The molecule has 3 heterocycles. The third-order valence-corrected chi connectivity index (χ3v) is 9.72. The van der Waals surface area contributed by atoms with Gasteiger partial charge in [-0.3, -0.25) is 19.2 Å². The molecule has 2 aromatic carbocycles. The predicted octanol–water partition coefficient (Wildman–Crippen LogP) is 3.94. The van der Waals surface area contributed by atoms with Gasteiger partial charge in [-0.15, -0.1) is 13.2 Å². The number of aryl methyl sites for hydroxylation is 2. The number of anilines is 1. The van der Waals surface area contributed by atoms with Crippen LogP contribution in [0.25, 0.3) is 0 Å². The van der Waals surface area contributed by atoms with E-state index in [1.807, 2.05) is 62.4 Å². The monoisotopic (exact) mass is 643 g/mol. The van der Waals surface area contributed by atoms with E-state index >= 15 is 0 Å². The Kier molecular flexibility index (Phi) is 10.3. The van der Waals surface area contributed by atoms with E-state index in [1.54, 1.807) is 24.0 Å². The van der Waals surface area contributed by atoms with Gasteiger partial charge in [0.05, 0.1) is 30.6 Å². The van der Waals surface area contributed by atoms with Crippen molar-refractivity contribution < 1.29 is 33.8 Å². The topological polar surface area (TPSA) is 125 Å². The van der Waals surface area contributed by atoms with Crippen LogP contribution in [0.4, 0.5) is 5.69 Å². The molecule has 3 aliphatic heterocycles. The molecule has 3 amide bonds. The Morgan fingerprint density at radius 2 is 1.83 bits per heavy atom. The zero-order chi connectivity index (χ0) is 33.9. The molecular formula is C37H45N3O7. The lowest BCUT2D eigenvalue weighted by atomic mass is 9.70. The number of fused-ring (bicyclic) bond motifs is 1. The second kappa shape index (κ2) is 14.2. The summed E-state index contributed by atoms with van der Waals surface area (Å²) in [5.74, 6) is -3.50. The highest BCUT2D eigenvalue weighted by atomic mass is 16.6. The molecule has 0 aromatic heterocycles. The second-order valence-electron chi connectivity index (χ2n) is 12.7. The zero-order valence-corrected chi connectivity index (χ0v) is 27.4. The lowest BCUT2D eigenvalue weighted by Gasteiger charge is -2.37. The molecule has 1 spiro atoms. The van der Waals surface area contributed by atoms with Crippen molar-refractivity contribution >= 4 is 29.4 Å². The van der Waals surface area contributed by atoms with Crippen LogP contribution in [0.3, 0.4) is 0 Å². The van der Waals surface area contributed by atoms with Crippen LogP contribution in [0.5, 0.6) is 0 Å². The van der Waals surface area contributed by atoms with Crippen LogP contribution in [0.2, 0.25) is 0 Å². The van der Waals surface area contributed by atoms with Gasteiger partial charge in [0.15, 0.2) is 0 Å². The van der Waals surface area contributed by atoms with E-state index in [0.717, 1.165) is 16.8 Å². The molecule has 2 aromatic rings. The first kappa shape index (κ1) is 34.1. The van der Waals surface area contributed by atoms with Crippen molar-refractivity contribution in [3.05, 3.63) is 90.5 Å². The first-order valence-electron chi connectivity index (χ1n) is 16.3. The zero-order valence-electron chi connectivity index (χ0n) is 27.4. The maximum Gasteiger partial charge on any atom is 0.313 e. The van der Waals surface area contributed by atoms with E-state index in [4.69, 9.17) is 9.47 Å². The first-order chi connectivity index (χ1) is 22.6. The molecule has 3 saturated heterocycles. The number of aliphatic hydroxyl groups excluding tert-OH is 1. The number of β-amino-alcohol motifs (C(OH)–C–C–N with tert-alkyl or cyclic N) is 1. The van der Waals surface area contributed by atoms with E-state index in [9.17, 15) is 24.3 Å². The maximum atomic E-state index is 14.7. The fourth-order valence-electron chi connectivity index (χ4n) is 7.79. The standard InChI is InChI=1S/C37H45N3O7/c1-6-8-17-28(42)38-25(5)32(26-15-10-9-11-16-26)46-36(45)29-27-18-19-37(47-27)30(29)34(43)40(21-22-41)33(37)35(44)39(20-7-2)31-23(3)13-12-14-24(31)4/h6-7,9-16,25,27,29-30,32-33,41H,1-2,8,17-22H2,3-5H3,(H,38,42)/t25-,27+,29-,30-,32-,33+,37-/m0/s1. The van der Waals surface area contributed by atoms with Crippen LogP contribution in [0.15, 0.2) is 73.8 Å². The Morgan fingerprint density at radius 3 is 2.47 bits per heavy atom. The van der Waals surface area contributed by atoms with E-state index in [2.05, 4.69) is 18.5 Å². The van der Waals surface area contributed by atoms with Crippen LogP contribution < -0.4 is 10.2 Å². The minimum absolute atomic E-state index is 0.0849. The van der Waals surface area contributed by atoms with Crippen molar-refractivity contribution in [3.8, 4) is 0 Å². The van der Waals surface area contributed by atoms with E-state index in [-0.39, 0.29) is 37.9 Å². The number of benzene rings is 2. The quantitative estimate of drug-likeness (QED) is 0.236. The Morgan fingerprint density at radius 1 is 1.13 bits per heavy atom. The van der Waals surface area contributed by atoms with Crippen LogP contribution in [0.1, 0.15) is 55.4 Å². The smallest absolute Gasteiger partial charge is 0.313 e. The number of amides is 3. The highest BCUT2D eigenvalue weighted by Crippen LogP contribution is 2.59. The van der Waals surface area contributed by atoms with Crippen molar-refractivity contribution in [2.75, 3.05) is 24.6 Å². The van der Waals surface area contributed by atoms with Gasteiger partial charge in [-0.1, -0.05) is 60.7 Å². The molecule has 5 rings (SSSR count). The van der Waals surface area contributed by atoms with Crippen molar-refractivity contribution in [2.45, 2.75) is 76.3 Å². The first-order valence-corrected chi connectivity index (χ1v) is 16.3. The number of carbonyl (C=O) groups excluding carboxylic acids is 4.